The molecule has 0 aromatic heterocycles. The van der Waals surface area contributed by atoms with Crippen molar-refractivity contribution in [2.75, 3.05) is 40.3 Å². The monoisotopic (exact) mass is 267 g/mol. The first-order valence-electron chi connectivity index (χ1n) is 7.63. The Morgan fingerprint density at radius 2 is 1.89 bits per heavy atom. The molecular weight excluding hydrogens is 238 g/mol. The van der Waals surface area contributed by atoms with Gasteiger partial charge in [-0.1, -0.05) is 13.8 Å². The van der Waals surface area contributed by atoms with Gasteiger partial charge >= 0.3 is 6.03 Å². The van der Waals surface area contributed by atoms with Crippen molar-refractivity contribution in [3.63, 3.8) is 0 Å². The van der Waals surface area contributed by atoms with Crippen LogP contribution in [-0.4, -0.2) is 56.1 Å². The molecule has 0 aromatic rings. The minimum atomic E-state index is 0.171. The van der Waals surface area contributed by atoms with Gasteiger partial charge in [0.05, 0.1) is 0 Å². The smallest absolute Gasteiger partial charge is 0.319 e. The number of piperidine rings is 2. The zero-order valence-corrected chi connectivity index (χ0v) is 12.9. The Hall–Kier alpha value is -0.770. The van der Waals surface area contributed by atoms with E-state index in [0.717, 1.165) is 38.0 Å². The van der Waals surface area contributed by atoms with Gasteiger partial charge in [0.15, 0.2) is 0 Å². The van der Waals surface area contributed by atoms with Crippen LogP contribution in [0.15, 0.2) is 0 Å². The van der Waals surface area contributed by atoms with Gasteiger partial charge in [0.1, 0.15) is 0 Å². The third-order valence-corrected chi connectivity index (χ3v) is 5.17. The Morgan fingerprint density at radius 3 is 2.42 bits per heavy atom. The molecule has 0 aromatic carbocycles. The van der Waals surface area contributed by atoms with Crippen molar-refractivity contribution in [3.8, 4) is 0 Å². The Kier molecular flexibility index (Phi) is 4.39. The molecule has 0 saturated carbocycles. The summed E-state index contributed by atoms with van der Waals surface area (Å²) in [6.45, 7) is 8.85. The van der Waals surface area contributed by atoms with E-state index in [1.165, 1.54) is 19.3 Å². The van der Waals surface area contributed by atoms with Gasteiger partial charge in [0, 0.05) is 27.2 Å². The van der Waals surface area contributed by atoms with E-state index in [9.17, 15) is 4.79 Å². The molecule has 2 heterocycles. The highest BCUT2D eigenvalue weighted by atomic mass is 16.2. The summed E-state index contributed by atoms with van der Waals surface area (Å²) in [5.41, 5.74) is 0.475. The van der Waals surface area contributed by atoms with Gasteiger partial charge in [-0.2, -0.15) is 0 Å². The fraction of sp³-hybridized carbons (Fsp3) is 0.933. The molecule has 2 aliphatic heterocycles. The number of rotatable bonds is 1. The molecule has 2 aliphatic rings. The van der Waals surface area contributed by atoms with Crippen molar-refractivity contribution in [3.05, 3.63) is 0 Å². The van der Waals surface area contributed by atoms with E-state index < -0.39 is 0 Å². The summed E-state index contributed by atoms with van der Waals surface area (Å²) in [6.07, 6.45) is 3.63. The third kappa shape index (κ3) is 2.88. The lowest BCUT2D eigenvalue weighted by Crippen LogP contribution is -2.54. The number of hydrogen-bond acceptors (Lipinski definition) is 2. The van der Waals surface area contributed by atoms with Crippen molar-refractivity contribution in [1.82, 2.24) is 15.1 Å². The zero-order chi connectivity index (χ0) is 14.0. The normalized spacial score (nSPS) is 26.8. The van der Waals surface area contributed by atoms with Gasteiger partial charge in [0.2, 0.25) is 0 Å². The summed E-state index contributed by atoms with van der Waals surface area (Å²) in [5.74, 6) is 1.49. The second-order valence-corrected chi connectivity index (χ2v) is 6.83. The summed E-state index contributed by atoms with van der Waals surface area (Å²) in [6, 6.07) is 0.171. The highest BCUT2D eigenvalue weighted by Crippen LogP contribution is 2.46. The average Bonchev–Trinajstić information content (AvgIpc) is 2.39. The number of hydrogen-bond donors (Lipinski definition) is 1. The zero-order valence-electron chi connectivity index (χ0n) is 12.9. The quantitative estimate of drug-likeness (QED) is 0.789. The van der Waals surface area contributed by atoms with E-state index in [2.05, 4.69) is 19.2 Å². The maximum atomic E-state index is 12.0. The SMILES string of the molecule is CC(C)C1CNCCC12CCN(C(=O)N(C)C)CC2. The molecule has 4 heteroatoms. The molecular formula is C15H29N3O. The molecule has 2 rings (SSSR count). The van der Waals surface area contributed by atoms with Crippen LogP contribution in [-0.2, 0) is 0 Å². The number of likely N-dealkylation sites (tertiary alicyclic amines) is 1. The van der Waals surface area contributed by atoms with Gasteiger partial charge < -0.3 is 15.1 Å². The van der Waals surface area contributed by atoms with Crippen LogP contribution in [0.3, 0.4) is 0 Å². The first-order chi connectivity index (χ1) is 8.96. The predicted molar refractivity (Wildman–Crippen MR) is 78.1 cm³/mol. The van der Waals surface area contributed by atoms with Crippen LogP contribution in [0, 0.1) is 17.3 Å². The van der Waals surface area contributed by atoms with Gasteiger partial charge in [-0.05, 0) is 49.6 Å². The first-order valence-corrected chi connectivity index (χ1v) is 7.63. The Labute approximate surface area is 117 Å². The molecule has 0 bridgehead atoms. The summed E-state index contributed by atoms with van der Waals surface area (Å²) in [7, 11) is 3.68. The second-order valence-electron chi connectivity index (χ2n) is 6.83. The molecule has 1 spiro atoms. The van der Waals surface area contributed by atoms with Crippen molar-refractivity contribution >= 4 is 6.03 Å². The summed E-state index contributed by atoms with van der Waals surface area (Å²) in [5, 5.41) is 3.55. The summed E-state index contributed by atoms with van der Waals surface area (Å²) >= 11 is 0. The van der Waals surface area contributed by atoms with E-state index in [-0.39, 0.29) is 6.03 Å². The summed E-state index contributed by atoms with van der Waals surface area (Å²) in [4.78, 5) is 15.7. The lowest BCUT2D eigenvalue weighted by molar-refractivity contribution is 0.00861. The fourth-order valence-electron chi connectivity index (χ4n) is 3.99. The number of amides is 2. The highest BCUT2D eigenvalue weighted by Gasteiger charge is 2.44. The molecule has 1 atom stereocenters. The molecule has 4 nitrogen and oxygen atoms in total. The van der Waals surface area contributed by atoms with Crippen molar-refractivity contribution in [1.29, 1.82) is 0 Å². The molecule has 2 fully saturated rings. The fourth-order valence-corrected chi connectivity index (χ4v) is 3.99. The number of carbonyl (C=O) groups excluding carboxylic acids is 1. The predicted octanol–water partition coefficient (Wildman–Crippen LogP) is 2.02. The molecule has 0 radical (unpaired) electrons. The highest BCUT2D eigenvalue weighted by molar-refractivity contribution is 5.73. The Bertz CT molecular complexity index is 319. The van der Waals surface area contributed by atoms with Gasteiger partial charge in [0.25, 0.3) is 0 Å². The molecule has 0 aliphatic carbocycles. The third-order valence-electron chi connectivity index (χ3n) is 5.17. The molecule has 110 valence electrons. The van der Waals surface area contributed by atoms with Crippen molar-refractivity contribution in [2.24, 2.45) is 17.3 Å². The first kappa shape index (κ1) is 14.6. The average molecular weight is 267 g/mol. The maximum absolute atomic E-state index is 12.0. The van der Waals surface area contributed by atoms with E-state index in [0.29, 0.717) is 5.41 Å². The van der Waals surface area contributed by atoms with Crippen LogP contribution < -0.4 is 5.32 Å². The lowest BCUT2D eigenvalue weighted by Gasteiger charge is -2.51. The van der Waals surface area contributed by atoms with Crippen LogP contribution in [0.25, 0.3) is 0 Å². The van der Waals surface area contributed by atoms with Crippen LogP contribution in [0.4, 0.5) is 4.79 Å². The molecule has 2 amide bonds. The van der Waals surface area contributed by atoms with Crippen molar-refractivity contribution < 1.29 is 4.79 Å². The summed E-state index contributed by atoms with van der Waals surface area (Å²) < 4.78 is 0. The van der Waals surface area contributed by atoms with Crippen LogP contribution in [0.2, 0.25) is 0 Å². The van der Waals surface area contributed by atoms with Gasteiger partial charge in [-0.15, -0.1) is 0 Å². The van der Waals surface area contributed by atoms with E-state index in [1.807, 2.05) is 19.0 Å². The topological polar surface area (TPSA) is 35.6 Å². The Balaban J connectivity index is 2.02. The molecule has 19 heavy (non-hydrogen) atoms. The molecule has 1 unspecified atom stereocenters. The number of urea groups is 1. The number of nitrogens with zero attached hydrogens (tertiary/aromatic N) is 2. The van der Waals surface area contributed by atoms with Gasteiger partial charge in [-0.3, -0.25) is 0 Å². The lowest BCUT2D eigenvalue weighted by atomic mass is 9.61. The molecule has 2 saturated heterocycles. The Morgan fingerprint density at radius 1 is 1.26 bits per heavy atom. The van der Waals surface area contributed by atoms with Crippen LogP contribution in [0.1, 0.15) is 33.1 Å². The van der Waals surface area contributed by atoms with Gasteiger partial charge in [-0.25, -0.2) is 4.79 Å². The number of nitrogens with one attached hydrogen (secondary N) is 1. The van der Waals surface area contributed by atoms with E-state index in [1.54, 1.807) is 4.90 Å². The van der Waals surface area contributed by atoms with Crippen LogP contribution in [0.5, 0.6) is 0 Å². The minimum Gasteiger partial charge on any atom is -0.331 e. The van der Waals surface area contributed by atoms with Crippen molar-refractivity contribution in [2.45, 2.75) is 33.1 Å². The number of carbonyl (C=O) groups is 1. The molecule has 1 N–H and O–H groups in total. The van der Waals surface area contributed by atoms with Crippen LogP contribution >= 0.6 is 0 Å². The largest absolute Gasteiger partial charge is 0.331 e. The van der Waals surface area contributed by atoms with E-state index in [4.69, 9.17) is 0 Å². The van der Waals surface area contributed by atoms with E-state index >= 15 is 0 Å². The standard InChI is InChI=1S/C15H29N3O/c1-12(2)13-11-16-8-5-15(13)6-9-18(10-7-15)14(19)17(3)4/h12-13,16H,5-11H2,1-4H3. The maximum Gasteiger partial charge on any atom is 0.319 e. The minimum absolute atomic E-state index is 0.171. The second kappa shape index (κ2) is 5.70.